The van der Waals surface area contributed by atoms with Gasteiger partial charge in [0.25, 0.3) is 0 Å². The molecule has 0 heterocycles. The number of ether oxygens (including phenoxy) is 1. The third-order valence-corrected chi connectivity index (χ3v) is 1.56. The second-order valence-corrected chi connectivity index (χ2v) is 2.76. The van der Waals surface area contributed by atoms with Gasteiger partial charge in [-0.15, -0.1) is 0 Å². The molecule has 0 rings (SSSR count). The Kier molecular flexibility index (Phi) is 4.21. The number of hydrogen-bond donors (Lipinski definition) is 2. The number of carbonyl (C=O) groups is 1. The summed E-state index contributed by atoms with van der Waals surface area (Å²) >= 11 is 0.977. The topological polar surface area (TPSA) is 78.3 Å². The summed E-state index contributed by atoms with van der Waals surface area (Å²) in [6.45, 7) is 3.40. The molecule has 0 aliphatic carbocycles. The third-order valence-electron chi connectivity index (χ3n) is 0.779. The molecule has 0 aromatic rings. The van der Waals surface area contributed by atoms with Crippen LogP contribution in [-0.2, 0) is 9.53 Å². The van der Waals surface area contributed by atoms with Gasteiger partial charge in [-0.25, -0.2) is 4.79 Å². The number of esters is 1. The van der Waals surface area contributed by atoms with Crippen molar-refractivity contribution in [3.05, 3.63) is 22.7 Å². The molecule has 0 saturated carbocycles. The van der Waals surface area contributed by atoms with Crippen LogP contribution in [0, 0.1) is 0 Å². The second-order valence-electron chi connectivity index (χ2n) is 1.59. The highest BCUT2D eigenvalue weighted by Crippen LogP contribution is 2.19. The first-order valence-electron chi connectivity index (χ1n) is 2.74. The van der Waals surface area contributed by atoms with E-state index < -0.39 is 5.97 Å². The minimum atomic E-state index is -0.510. The van der Waals surface area contributed by atoms with E-state index in [9.17, 15) is 4.79 Å². The fourth-order valence-corrected chi connectivity index (χ4v) is 0.903. The molecule has 4 nitrogen and oxygen atoms in total. The molecule has 0 aliphatic rings. The van der Waals surface area contributed by atoms with E-state index >= 15 is 0 Å². The lowest BCUT2D eigenvalue weighted by molar-refractivity contribution is -0.135. The zero-order chi connectivity index (χ0) is 8.85. The fourth-order valence-electron chi connectivity index (χ4n) is 0.386. The molecule has 0 aliphatic heterocycles. The molecule has 0 spiro atoms. The number of hydrogen-bond acceptors (Lipinski definition) is 5. The quantitative estimate of drug-likeness (QED) is 0.469. The van der Waals surface area contributed by atoms with Crippen molar-refractivity contribution in [3.63, 3.8) is 0 Å². The smallest absolute Gasteiger partial charge is 0.346 e. The van der Waals surface area contributed by atoms with Gasteiger partial charge in [-0.1, -0.05) is 18.3 Å². The van der Waals surface area contributed by atoms with Gasteiger partial charge in [0.15, 0.2) is 0 Å². The van der Waals surface area contributed by atoms with E-state index in [-0.39, 0.29) is 4.91 Å². The molecule has 0 amide bonds. The Morgan fingerprint density at radius 2 is 2.27 bits per heavy atom. The Labute approximate surface area is 69.3 Å². The van der Waals surface area contributed by atoms with Crippen molar-refractivity contribution >= 4 is 17.7 Å². The minimum absolute atomic E-state index is 0.236. The van der Waals surface area contributed by atoms with E-state index in [0.717, 1.165) is 18.0 Å². The van der Waals surface area contributed by atoms with Crippen LogP contribution in [-0.4, -0.2) is 13.1 Å². The van der Waals surface area contributed by atoms with Crippen LogP contribution in [0.5, 0.6) is 0 Å². The van der Waals surface area contributed by atoms with Gasteiger partial charge in [-0.2, -0.15) is 0 Å². The van der Waals surface area contributed by atoms with Crippen molar-refractivity contribution in [2.75, 3.05) is 7.11 Å². The van der Waals surface area contributed by atoms with Crippen molar-refractivity contribution in [1.29, 1.82) is 0 Å². The van der Waals surface area contributed by atoms with Gasteiger partial charge in [0.05, 0.1) is 12.1 Å². The van der Waals surface area contributed by atoms with E-state index in [1.165, 1.54) is 7.11 Å². The average molecular weight is 174 g/mol. The van der Waals surface area contributed by atoms with Gasteiger partial charge < -0.3 is 16.2 Å². The van der Waals surface area contributed by atoms with Gasteiger partial charge in [-0.3, -0.25) is 0 Å². The predicted octanol–water partition coefficient (Wildman–Crippen LogP) is 0.123. The molecule has 4 N–H and O–H groups in total. The molecule has 0 fully saturated rings. The van der Waals surface area contributed by atoms with Crippen LogP contribution < -0.4 is 11.5 Å². The molecular weight excluding hydrogens is 164 g/mol. The van der Waals surface area contributed by atoms with Crippen LogP contribution >= 0.6 is 11.8 Å². The Balaban J connectivity index is 4.20. The predicted molar refractivity (Wildman–Crippen MR) is 45.2 cm³/mol. The van der Waals surface area contributed by atoms with Crippen LogP contribution in [0.3, 0.4) is 0 Å². The Bertz CT molecular complexity index is 201. The fraction of sp³-hybridized carbons (Fsp3) is 0.167. The summed E-state index contributed by atoms with van der Waals surface area (Å²) in [5, 5.41) is 0.298. The van der Waals surface area contributed by atoms with Crippen LogP contribution in [0.2, 0.25) is 0 Å². The first-order valence-corrected chi connectivity index (χ1v) is 3.56. The molecule has 5 heteroatoms. The maximum Gasteiger partial charge on any atom is 0.346 e. The average Bonchev–Trinajstić information content (AvgIpc) is 1.98. The summed E-state index contributed by atoms with van der Waals surface area (Å²) in [4.78, 5) is 11.0. The number of thioether (sulfide) groups is 1. The molecule has 0 saturated heterocycles. The Morgan fingerprint density at radius 1 is 1.73 bits per heavy atom. The summed E-state index contributed by atoms with van der Waals surface area (Å²) in [6.07, 6.45) is 1.13. The zero-order valence-corrected chi connectivity index (χ0v) is 6.98. The van der Waals surface area contributed by atoms with E-state index in [1.54, 1.807) is 0 Å². The largest absolute Gasteiger partial charge is 0.465 e. The summed E-state index contributed by atoms with van der Waals surface area (Å²) in [7, 11) is 1.27. The highest BCUT2D eigenvalue weighted by molar-refractivity contribution is 8.07. The van der Waals surface area contributed by atoms with Crippen LogP contribution in [0.15, 0.2) is 22.7 Å². The molecular formula is C6H10N2O2S. The van der Waals surface area contributed by atoms with Gasteiger partial charge in [0.1, 0.15) is 4.91 Å². The van der Waals surface area contributed by atoms with Crippen molar-refractivity contribution in [1.82, 2.24) is 0 Å². The van der Waals surface area contributed by atoms with Crippen LogP contribution in [0.4, 0.5) is 0 Å². The highest BCUT2D eigenvalue weighted by atomic mass is 32.2. The van der Waals surface area contributed by atoms with Crippen molar-refractivity contribution in [2.45, 2.75) is 0 Å². The molecule has 11 heavy (non-hydrogen) atoms. The van der Waals surface area contributed by atoms with E-state index in [4.69, 9.17) is 11.5 Å². The first kappa shape index (κ1) is 9.90. The van der Waals surface area contributed by atoms with Crippen molar-refractivity contribution < 1.29 is 9.53 Å². The van der Waals surface area contributed by atoms with Crippen molar-refractivity contribution in [3.8, 4) is 0 Å². The monoisotopic (exact) mass is 174 g/mol. The van der Waals surface area contributed by atoms with Gasteiger partial charge >= 0.3 is 5.97 Å². The number of nitrogens with two attached hydrogens (primary N) is 2. The van der Waals surface area contributed by atoms with E-state index in [2.05, 4.69) is 11.3 Å². The molecule has 0 unspecified atom stereocenters. The number of carbonyl (C=O) groups excluding carboxylic acids is 1. The molecule has 0 aromatic carbocycles. The van der Waals surface area contributed by atoms with Crippen LogP contribution in [0.25, 0.3) is 0 Å². The Morgan fingerprint density at radius 3 is 2.55 bits per heavy atom. The lowest BCUT2D eigenvalue weighted by Crippen LogP contribution is -2.05. The number of methoxy groups -OCH3 is 1. The molecule has 0 aromatic heterocycles. The molecule has 0 atom stereocenters. The van der Waals surface area contributed by atoms with Crippen molar-refractivity contribution in [2.24, 2.45) is 11.5 Å². The third kappa shape index (κ3) is 3.57. The lowest BCUT2D eigenvalue weighted by Gasteiger charge is -2.01. The first-order chi connectivity index (χ1) is 5.11. The standard InChI is InChI=1S/C6H10N2O2S/c1-4(8)11-5(3-7)6(9)10-2/h3H,1,7-8H2,2H3/b5-3-. The summed E-state index contributed by atoms with van der Waals surface area (Å²) in [6, 6.07) is 0. The molecule has 62 valence electrons. The number of rotatable bonds is 3. The maximum absolute atomic E-state index is 10.8. The highest BCUT2D eigenvalue weighted by Gasteiger charge is 2.09. The maximum atomic E-state index is 10.8. The summed E-state index contributed by atoms with van der Waals surface area (Å²) in [5.74, 6) is -0.510. The zero-order valence-electron chi connectivity index (χ0n) is 6.16. The van der Waals surface area contributed by atoms with Crippen LogP contribution in [0.1, 0.15) is 0 Å². The van der Waals surface area contributed by atoms with Gasteiger partial charge in [-0.05, 0) is 0 Å². The SMILES string of the molecule is C=C(N)S/C(=C\N)C(=O)OC. The van der Waals surface area contributed by atoms with Gasteiger partial charge in [0.2, 0.25) is 0 Å². The summed E-state index contributed by atoms with van der Waals surface area (Å²) in [5.41, 5.74) is 10.3. The lowest BCUT2D eigenvalue weighted by atomic mass is 10.6. The summed E-state index contributed by atoms with van der Waals surface area (Å²) < 4.78 is 4.40. The molecule has 0 radical (unpaired) electrons. The Hall–Kier alpha value is -1.10. The normalized spacial score (nSPS) is 10.8. The van der Waals surface area contributed by atoms with E-state index in [0.29, 0.717) is 5.03 Å². The second kappa shape index (κ2) is 4.68. The van der Waals surface area contributed by atoms with Gasteiger partial charge in [0, 0.05) is 6.20 Å². The molecule has 0 bridgehead atoms. The van der Waals surface area contributed by atoms with E-state index in [1.807, 2.05) is 0 Å². The minimum Gasteiger partial charge on any atom is -0.465 e.